The van der Waals surface area contributed by atoms with Gasteiger partial charge in [-0.15, -0.1) is 11.3 Å². The number of thiazole rings is 1. The summed E-state index contributed by atoms with van der Waals surface area (Å²) in [6.07, 6.45) is 2.32. The number of benzene rings is 1. The second-order valence-corrected chi connectivity index (χ2v) is 5.83. The second kappa shape index (κ2) is 6.83. The van der Waals surface area contributed by atoms with Gasteiger partial charge in [-0.2, -0.15) is 0 Å². The number of rotatable bonds is 6. The third-order valence-corrected chi connectivity index (χ3v) is 4.32. The number of halogens is 2. The lowest BCUT2D eigenvalue weighted by atomic mass is 10.00. The minimum atomic E-state index is -0.842. The van der Waals surface area contributed by atoms with Crippen molar-refractivity contribution in [3.63, 3.8) is 0 Å². The summed E-state index contributed by atoms with van der Waals surface area (Å²) in [6, 6.07) is 2.93. The van der Waals surface area contributed by atoms with Crippen molar-refractivity contribution >= 4 is 17.2 Å². The molecule has 2 rings (SSSR count). The molecule has 0 saturated heterocycles. The van der Waals surface area contributed by atoms with Crippen LogP contribution >= 0.6 is 11.3 Å². The Hall–Kier alpha value is -2.02. The van der Waals surface area contributed by atoms with Crippen LogP contribution in [-0.4, -0.2) is 17.5 Å². The molecule has 2 aromatic rings. The van der Waals surface area contributed by atoms with Gasteiger partial charge in [-0.05, 0) is 25.5 Å². The Morgan fingerprint density at radius 1 is 1.45 bits per heavy atom. The number of carbonyl (C=O) groups is 1. The molecule has 1 aromatic heterocycles. The molecule has 0 unspecified atom stereocenters. The van der Waals surface area contributed by atoms with Crippen LogP contribution in [0.1, 0.15) is 25.3 Å². The highest BCUT2D eigenvalue weighted by atomic mass is 32.1. The van der Waals surface area contributed by atoms with Gasteiger partial charge < -0.3 is 10.1 Å². The summed E-state index contributed by atoms with van der Waals surface area (Å²) in [5.74, 6) is -2.10. The van der Waals surface area contributed by atoms with Gasteiger partial charge in [0.25, 0.3) is 5.91 Å². The summed E-state index contributed by atoms with van der Waals surface area (Å²) in [4.78, 5) is 16.2. The quantitative estimate of drug-likeness (QED) is 0.886. The van der Waals surface area contributed by atoms with E-state index in [0.717, 1.165) is 17.1 Å². The molecular formula is C15H16F2N2O2S. The zero-order valence-corrected chi connectivity index (χ0v) is 13.0. The van der Waals surface area contributed by atoms with Crippen molar-refractivity contribution in [1.82, 2.24) is 10.3 Å². The molecule has 7 heteroatoms. The molecule has 118 valence electrons. The molecule has 0 fully saturated rings. The van der Waals surface area contributed by atoms with Crippen LogP contribution in [0.25, 0.3) is 0 Å². The van der Waals surface area contributed by atoms with Gasteiger partial charge >= 0.3 is 0 Å². The molecule has 0 aliphatic carbocycles. The van der Waals surface area contributed by atoms with Crippen molar-refractivity contribution in [1.29, 1.82) is 0 Å². The summed E-state index contributed by atoms with van der Waals surface area (Å²) >= 11 is 1.45. The lowest BCUT2D eigenvalue weighted by Gasteiger charge is -2.27. The summed E-state index contributed by atoms with van der Waals surface area (Å²) in [5.41, 5.74) is -0.601. The predicted octanol–water partition coefficient (Wildman–Crippen LogP) is 3.24. The molecule has 22 heavy (non-hydrogen) atoms. The van der Waals surface area contributed by atoms with Crippen molar-refractivity contribution in [2.24, 2.45) is 0 Å². The molecule has 1 aromatic carbocycles. The van der Waals surface area contributed by atoms with E-state index in [-0.39, 0.29) is 12.4 Å². The van der Waals surface area contributed by atoms with Gasteiger partial charge in [0.05, 0.1) is 5.54 Å². The number of hydrogen-bond donors (Lipinski definition) is 1. The molecule has 4 nitrogen and oxygen atoms in total. The first-order valence-corrected chi connectivity index (χ1v) is 7.61. The number of hydrogen-bond acceptors (Lipinski definition) is 4. The largest absolute Gasteiger partial charge is 0.481 e. The molecule has 1 atom stereocenters. The first kappa shape index (κ1) is 16.4. The number of nitrogens with zero attached hydrogens (tertiary/aromatic N) is 1. The number of amides is 1. The molecule has 0 spiro atoms. The topological polar surface area (TPSA) is 51.2 Å². The van der Waals surface area contributed by atoms with E-state index in [4.69, 9.17) is 4.74 Å². The average Bonchev–Trinajstić information content (AvgIpc) is 3.01. The number of carbonyl (C=O) groups excluding carboxylic acids is 1. The van der Waals surface area contributed by atoms with Crippen LogP contribution in [0.4, 0.5) is 8.78 Å². The maximum Gasteiger partial charge on any atom is 0.258 e. The molecule has 0 aliphatic heterocycles. The van der Waals surface area contributed by atoms with Crippen LogP contribution in [0.15, 0.2) is 29.8 Å². The van der Waals surface area contributed by atoms with Crippen molar-refractivity contribution in [3.05, 3.63) is 46.4 Å². The molecule has 0 bridgehead atoms. The first-order valence-electron chi connectivity index (χ1n) is 6.73. The molecule has 0 saturated carbocycles. The molecule has 0 aliphatic rings. The Kier molecular flexibility index (Phi) is 5.07. The highest BCUT2D eigenvalue weighted by Crippen LogP contribution is 2.26. The highest BCUT2D eigenvalue weighted by molar-refractivity contribution is 7.09. The van der Waals surface area contributed by atoms with Crippen LogP contribution < -0.4 is 10.1 Å². The van der Waals surface area contributed by atoms with Crippen molar-refractivity contribution < 1.29 is 18.3 Å². The predicted molar refractivity (Wildman–Crippen MR) is 79.8 cm³/mol. The summed E-state index contributed by atoms with van der Waals surface area (Å²) in [5, 5.41) is 5.46. The lowest BCUT2D eigenvalue weighted by molar-refractivity contribution is -0.125. The zero-order chi connectivity index (χ0) is 16.2. The summed E-state index contributed by atoms with van der Waals surface area (Å²) in [7, 11) is 0. The van der Waals surface area contributed by atoms with Gasteiger partial charge in [0.1, 0.15) is 10.8 Å². The van der Waals surface area contributed by atoms with E-state index < -0.39 is 23.1 Å². The number of nitrogens with one attached hydrogen (secondary N) is 1. The fourth-order valence-electron chi connectivity index (χ4n) is 1.87. The van der Waals surface area contributed by atoms with Crippen LogP contribution in [0.3, 0.4) is 0 Å². The van der Waals surface area contributed by atoms with Gasteiger partial charge in [0.2, 0.25) is 0 Å². The Morgan fingerprint density at radius 2 is 2.23 bits per heavy atom. The molecule has 0 radical (unpaired) electrons. The first-order chi connectivity index (χ1) is 10.4. The molecular weight excluding hydrogens is 310 g/mol. The summed E-state index contributed by atoms with van der Waals surface area (Å²) < 4.78 is 31.3. The normalized spacial score (nSPS) is 13.5. The van der Waals surface area contributed by atoms with E-state index >= 15 is 0 Å². The maximum atomic E-state index is 13.4. The van der Waals surface area contributed by atoms with E-state index in [1.54, 1.807) is 6.20 Å². The summed E-state index contributed by atoms with van der Waals surface area (Å²) in [6.45, 7) is 3.44. The smallest absolute Gasteiger partial charge is 0.258 e. The molecule has 1 heterocycles. The second-order valence-electron chi connectivity index (χ2n) is 4.93. The molecule has 1 amide bonds. The van der Waals surface area contributed by atoms with E-state index in [1.807, 2.05) is 19.2 Å². The number of ether oxygens (including phenoxy) is 1. The third-order valence-electron chi connectivity index (χ3n) is 3.28. The fourth-order valence-corrected chi connectivity index (χ4v) is 2.70. The van der Waals surface area contributed by atoms with Crippen LogP contribution in [-0.2, 0) is 10.3 Å². The van der Waals surface area contributed by atoms with Gasteiger partial charge in [0.15, 0.2) is 18.2 Å². The standard InChI is InChI=1S/C15H16F2N2O2S/c1-3-15(2,14-18-6-7-22-14)19-13(20)9-21-12-5-4-10(16)8-11(12)17/h4-8H,3,9H2,1-2H3,(H,19,20)/t15-/m0/s1. The van der Waals surface area contributed by atoms with Gasteiger partial charge in [-0.3, -0.25) is 4.79 Å². The average molecular weight is 326 g/mol. The Labute approximate surface area is 131 Å². The van der Waals surface area contributed by atoms with E-state index in [9.17, 15) is 13.6 Å². The lowest BCUT2D eigenvalue weighted by Crippen LogP contribution is -2.45. The van der Waals surface area contributed by atoms with Gasteiger partial charge in [-0.1, -0.05) is 6.92 Å². The molecule has 1 N–H and O–H groups in total. The van der Waals surface area contributed by atoms with Crippen molar-refractivity contribution in [3.8, 4) is 5.75 Å². The highest BCUT2D eigenvalue weighted by Gasteiger charge is 2.29. The fraction of sp³-hybridized carbons (Fsp3) is 0.333. The van der Waals surface area contributed by atoms with Crippen LogP contribution in [0.5, 0.6) is 5.75 Å². The number of aromatic nitrogens is 1. The van der Waals surface area contributed by atoms with Crippen LogP contribution in [0, 0.1) is 11.6 Å². The third kappa shape index (κ3) is 3.79. The van der Waals surface area contributed by atoms with Gasteiger partial charge in [0, 0.05) is 17.6 Å². The van der Waals surface area contributed by atoms with Gasteiger partial charge in [-0.25, -0.2) is 13.8 Å². The minimum absolute atomic E-state index is 0.163. The zero-order valence-electron chi connectivity index (χ0n) is 12.2. The van der Waals surface area contributed by atoms with Crippen molar-refractivity contribution in [2.75, 3.05) is 6.61 Å². The van der Waals surface area contributed by atoms with E-state index in [2.05, 4.69) is 10.3 Å². The minimum Gasteiger partial charge on any atom is -0.481 e. The Bertz CT molecular complexity index is 649. The van der Waals surface area contributed by atoms with Crippen molar-refractivity contribution in [2.45, 2.75) is 25.8 Å². The monoisotopic (exact) mass is 326 g/mol. The van der Waals surface area contributed by atoms with E-state index in [0.29, 0.717) is 12.5 Å². The van der Waals surface area contributed by atoms with Crippen LogP contribution in [0.2, 0.25) is 0 Å². The SMILES string of the molecule is CC[C@](C)(NC(=O)COc1ccc(F)cc1F)c1nccs1. The Balaban J connectivity index is 1.97. The Morgan fingerprint density at radius 3 is 2.82 bits per heavy atom. The maximum absolute atomic E-state index is 13.4. The van der Waals surface area contributed by atoms with E-state index in [1.165, 1.54) is 11.3 Å².